The summed E-state index contributed by atoms with van der Waals surface area (Å²) >= 11 is 6.24. The van der Waals surface area contributed by atoms with Gasteiger partial charge >= 0.3 is 0 Å². The summed E-state index contributed by atoms with van der Waals surface area (Å²) < 4.78 is 11.9. The van der Waals surface area contributed by atoms with E-state index < -0.39 is 0 Å². The minimum absolute atomic E-state index is 0. The Labute approximate surface area is 168 Å². The molecule has 0 amide bonds. The molecule has 0 bridgehead atoms. The van der Waals surface area contributed by atoms with E-state index in [-0.39, 0.29) is 12.4 Å². The topological polar surface area (TPSA) is 30.5 Å². The zero-order chi connectivity index (χ0) is 17.9. The molecule has 0 aliphatic rings. The highest BCUT2D eigenvalue weighted by Crippen LogP contribution is 2.32. The van der Waals surface area contributed by atoms with Gasteiger partial charge in [0, 0.05) is 22.7 Å². The molecule has 2 rings (SSSR count). The molecule has 26 heavy (non-hydrogen) atoms. The second-order valence-corrected chi connectivity index (χ2v) is 6.35. The molecular weight excluding hydrogens is 369 g/mol. The van der Waals surface area contributed by atoms with Crippen LogP contribution in [-0.2, 0) is 13.2 Å². The number of unbranched alkanes of at least 4 members (excludes halogenated alkanes) is 2. The summed E-state index contributed by atoms with van der Waals surface area (Å²) in [5.41, 5.74) is 2.08. The minimum atomic E-state index is 0. The maximum absolute atomic E-state index is 6.24. The van der Waals surface area contributed by atoms with Gasteiger partial charge in [0.05, 0.1) is 6.61 Å². The molecule has 2 aromatic carbocycles. The van der Waals surface area contributed by atoms with Crippen LogP contribution in [0.2, 0.25) is 5.02 Å². The molecule has 0 aromatic heterocycles. The van der Waals surface area contributed by atoms with E-state index in [1.165, 1.54) is 19.3 Å². The Morgan fingerprint density at radius 3 is 2.42 bits per heavy atom. The normalized spacial score (nSPS) is 10.3. The van der Waals surface area contributed by atoms with Gasteiger partial charge in [-0.2, -0.15) is 0 Å². The number of benzene rings is 2. The number of nitrogens with one attached hydrogen (secondary N) is 1. The molecule has 0 atom stereocenters. The van der Waals surface area contributed by atoms with Crippen LogP contribution in [0.15, 0.2) is 42.5 Å². The van der Waals surface area contributed by atoms with Gasteiger partial charge in [-0.15, -0.1) is 12.4 Å². The zero-order valence-electron chi connectivity index (χ0n) is 15.6. The van der Waals surface area contributed by atoms with E-state index in [4.69, 9.17) is 21.1 Å². The van der Waals surface area contributed by atoms with Crippen LogP contribution in [0.25, 0.3) is 0 Å². The van der Waals surface area contributed by atoms with Gasteiger partial charge in [-0.05, 0) is 32.0 Å². The fraction of sp³-hybridized carbons (Fsp3) is 0.429. The first kappa shape index (κ1) is 22.6. The second kappa shape index (κ2) is 12.9. The fourth-order valence-corrected chi connectivity index (χ4v) is 2.81. The Morgan fingerprint density at radius 2 is 1.69 bits per heavy atom. The lowest BCUT2D eigenvalue weighted by atomic mass is 10.1. The molecule has 5 heteroatoms. The van der Waals surface area contributed by atoms with Gasteiger partial charge in [-0.1, -0.05) is 61.7 Å². The maximum Gasteiger partial charge on any atom is 0.166 e. The SMILES string of the molecule is CCCCCNCc1cccc(OCC)c1OCc1ccccc1Cl.Cl. The van der Waals surface area contributed by atoms with Crippen molar-refractivity contribution in [2.45, 2.75) is 46.3 Å². The lowest BCUT2D eigenvalue weighted by Gasteiger charge is -2.17. The lowest BCUT2D eigenvalue weighted by Crippen LogP contribution is -2.16. The maximum atomic E-state index is 6.24. The van der Waals surface area contributed by atoms with Crippen LogP contribution < -0.4 is 14.8 Å². The summed E-state index contributed by atoms with van der Waals surface area (Å²) in [5.74, 6) is 1.58. The van der Waals surface area contributed by atoms with Crippen molar-refractivity contribution < 1.29 is 9.47 Å². The summed E-state index contributed by atoms with van der Waals surface area (Å²) in [6, 6.07) is 13.8. The van der Waals surface area contributed by atoms with E-state index in [1.807, 2.05) is 43.3 Å². The predicted octanol–water partition coefficient (Wildman–Crippen LogP) is 6.02. The number of hydrogen-bond acceptors (Lipinski definition) is 3. The van der Waals surface area contributed by atoms with Gasteiger partial charge in [0.1, 0.15) is 6.61 Å². The molecule has 0 unspecified atom stereocenters. The van der Waals surface area contributed by atoms with Crippen LogP contribution in [0, 0.1) is 0 Å². The van der Waals surface area contributed by atoms with Gasteiger partial charge < -0.3 is 14.8 Å². The molecule has 1 N–H and O–H groups in total. The summed E-state index contributed by atoms with van der Waals surface area (Å²) in [4.78, 5) is 0. The molecule has 0 spiro atoms. The first-order chi connectivity index (χ1) is 12.3. The van der Waals surface area contributed by atoms with Crippen molar-refractivity contribution in [1.82, 2.24) is 5.32 Å². The summed E-state index contributed by atoms with van der Waals surface area (Å²) in [5, 5.41) is 4.21. The zero-order valence-corrected chi connectivity index (χ0v) is 17.2. The number of halogens is 2. The Balaban J connectivity index is 0.00000338. The van der Waals surface area contributed by atoms with Crippen molar-refractivity contribution in [3.8, 4) is 11.5 Å². The molecule has 0 saturated carbocycles. The molecule has 0 radical (unpaired) electrons. The average molecular weight is 398 g/mol. The lowest BCUT2D eigenvalue weighted by molar-refractivity contribution is 0.266. The molecule has 0 saturated heterocycles. The van der Waals surface area contributed by atoms with Crippen molar-refractivity contribution in [3.05, 3.63) is 58.6 Å². The van der Waals surface area contributed by atoms with E-state index in [0.717, 1.165) is 40.7 Å². The highest BCUT2D eigenvalue weighted by atomic mass is 35.5. The van der Waals surface area contributed by atoms with Crippen LogP contribution in [0.3, 0.4) is 0 Å². The quantitative estimate of drug-likeness (QED) is 0.470. The Morgan fingerprint density at radius 1 is 0.923 bits per heavy atom. The van der Waals surface area contributed by atoms with Crippen LogP contribution in [-0.4, -0.2) is 13.2 Å². The Bertz CT molecular complexity index is 650. The number of para-hydroxylation sites is 1. The molecule has 0 heterocycles. The average Bonchev–Trinajstić information content (AvgIpc) is 2.62. The van der Waals surface area contributed by atoms with Crippen molar-refractivity contribution >= 4 is 24.0 Å². The minimum Gasteiger partial charge on any atom is -0.490 e. The molecule has 0 aliphatic heterocycles. The third-order valence-electron chi connectivity index (χ3n) is 3.96. The van der Waals surface area contributed by atoms with Gasteiger partial charge in [0.25, 0.3) is 0 Å². The molecule has 0 aliphatic carbocycles. The van der Waals surface area contributed by atoms with Crippen molar-refractivity contribution in [2.75, 3.05) is 13.2 Å². The first-order valence-electron chi connectivity index (χ1n) is 9.07. The Kier molecular flexibility index (Phi) is 11.2. The van der Waals surface area contributed by atoms with Gasteiger partial charge in [0.15, 0.2) is 11.5 Å². The van der Waals surface area contributed by atoms with Crippen LogP contribution in [0.5, 0.6) is 11.5 Å². The fourth-order valence-electron chi connectivity index (χ4n) is 2.62. The third kappa shape index (κ3) is 7.06. The molecule has 0 fully saturated rings. The summed E-state index contributed by atoms with van der Waals surface area (Å²) in [7, 11) is 0. The van der Waals surface area contributed by atoms with Gasteiger partial charge in [-0.25, -0.2) is 0 Å². The van der Waals surface area contributed by atoms with Crippen molar-refractivity contribution in [3.63, 3.8) is 0 Å². The van der Waals surface area contributed by atoms with Crippen molar-refractivity contribution in [1.29, 1.82) is 0 Å². The van der Waals surface area contributed by atoms with Crippen LogP contribution in [0.4, 0.5) is 0 Å². The summed E-state index contributed by atoms with van der Waals surface area (Å²) in [6.45, 7) is 7.00. The molecule has 144 valence electrons. The first-order valence-corrected chi connectivity index (χ1v) is 9.45. The van der Waals surface area contributed by atoms with Crippen LogP contribution >= 0.6 is 24.0 Å². The number of rotatable bonds is 11. The second-order valence-electron chi connectivity index (χ2n) is 5.94. The number of ether oxygens (including phenoxy) is 2. The largest absolute Gasteiger partial charge is 0.490 e. The van der Waals surface area contributed by atoms with E-state index in [1.54, 1.807) is 0 Å². The van der Waals surface area contributed by atoms with E-state index in [0.29, 0.717) is 13.2 Å². The third-order valence-corrected chi connectivity index (χ3v) is 4.33. The van der Waals surface area contributed by atoms with Crippen LogP contribution in [0.1, 0.15) is 44.2 Å². The monoisotopic (exact) mass is 397 g/mol. The Hall–Kier alpha value is -1.42. The smallest absolute Gasteiger partial charge is 0.166 e. The van der Waals surface area contributed by atoms with E-state index in [2.05, 4.69) is 18.3 Å². The standard InChI is InChI=1S/C21H28ClNO2.ClH/c1-3-5-8-14-23-15-17-11-9-13-20(24-4-2)21(17)25-16-18-10-6-7-12-19(18)22;/h6-7,9-13,23H,3-5,8,14-16H2,1-2H3;1H. The number of hydrogen-bond donors (Lipinski definition) is 1. The molecule has 2 aromatic rings. The van der Waals surface area contributed by atoms with E-state index >= 15 is 0 Å². The molecule has 3 nitrogen and oxygen atoms in total. The predicted molar refractivity (Wildman–Crippen MR) is 112 cm³/mol. The van der Waals surface area contributed by atoms with Gasteiger partial charge in [-0.3, -0.25) is 0 Å². The highest BCUT2D eigenvalue weighted by Gasteiger charge is 2.12. The summed E-state index contributed by atoms with van der Waals surface area (Å²) in [6.07, 6.45) is 3.67. The van der Waals surface area contributed by atoms with Gasteiger partial charge in [0.2, 0.25) is 0 Å². The molecular formula is C21H29Cl2NO2. The van der Waals surface area contributed by atoms with E-state index in [9.17, 15) is 0 Å². The van der Waals surface area contributed by atoms with Crippen molar-refractivity contribution in [2.24, 2.45) is 0 Å². The highest BCUT2D eigenvalue weighted by molar-refractivity contribution is 6.31.